The summed E-state index contributed by atoms with van der Waals surface area (Å²) < 4.78 is 34.7. The van der Waals surface area contributed by atoms with Crippen molar-refractivity contribution in [3.05, 3.63) is 58.3 Å². The molecule has 14 heteroatoms. The summed E-state index contributed by atoms with van der Waals surface area (Å²) in [4.78, 5) is 23.2. The molecule has 1 saturated heterocycles. The molecule has 0 amide bonds. The normalized spacial score (nSPS) is 15.0. The van der Waals surface area contributed by atoms with Crippen LogP contribution in [-0.2, 0) is 11.3 Å². The van der Waals surface area contributed by atoms with Gasteiger partial charge in [-0.05, 0) is 43.7 Å². The largest absolute Gasteiger partial charge is 0.490 e. The number of halogens is 3. The van der Waals surface area contributed by atoms with Crippen molar-refractivity contribution in [2.75, 3.05) is 11.9 Å². The minimum atomic E-state index is -5.08. The van der Waals surface area contributed by atoms with Gasteiger partial charge in [0, 0.05) is 16.5 Å². The second kappa shape index (κ2) is 11.4. The van der Waals surface area contributed by atoms with E-state index in [1.165, 1.54) is 6.42 Å². The molecule has 1 aromatic carbocycles. The lowest BCUT2D eigenvalue weighted by Crippen LogP contribution is -2.21. The van der Waals surface area contributed by atoms with Crippen LogP contribution >= 0.6 is 22.7 Å². The number of carboxylic acids is 1. The monoisotopic (exact) mass is 571 g/mol. The SMILES string of the molecule is C(#CC1CCCN1)c1cc2ncnc(Nc3ccc4c(cnn4Cc4cscn4)c3)c2s1.O=C(O)C(F)(F)F. The maximum atomic E-state index is 10.6. The van der Waals surface area contributed by atoms with Gasteiger partial charge in [-0.2, -0.15) is 18.3 Å². The van der Waals surface area contributed by atoms with Crippen LogP contribution in [0.25, 0.3) is 21.1 Å². The lowest BCUT2D eigenvalue weighted by molar-refractivity contribution is -0.192. The Bertz CT molecular complexity index is 1660. The molecule has 200 valence electrons. The van der Waals surface area contributed by atoms with E-state index in [9.17, 15) is 13.2 Å². The van der Waals surface area contributed by atoms with Crippen molar-refractivity contribution in [2.24, 2.45) is 0 Å². The van der Waals surface area contributed by atoms with Gasteiger partial charge in [-0.3, -0.25) is 4.68 Å². The quantitative estimate of drug-likeness (QED) is 0.257. The molecular weight excluding hydrogens is 551 g/mol. The zero-order chi connectivity index (χ0) is 27.4. The van der Waals surface area contributed by atoms with Gasteiger partial charge in [0.1, 0.15) is 6.33 Å². The Morgan fingerprint density at radius 1 is 1.26 bits per heavy atom. The van der Waals surface area contributed by atoms with Gasteiger partial charge in [0.2, 0.25) is 0 Å². The number of nitrogens with one attached hydrogen (secondary N) is 2. The van der Waals surface area contributed by atoms with Gasteiger partial charge < -0.3 is 15.7 Å². The van der Waals surface area contributed by atoms with Gasteiger partial charge in [0.15, 0.2) is 5.82 Å². The first kappa shape index (κ1) is 26.5. The van der Waals surface area contributed by atoms with Crippen molar-refractivity contribution < 1.29 is 23.1 Å². The number of carbonyl (C=O) groups is 1. The highest BCUT2D eigenvalue weighted by Crippen LogP contribution is 2.31. The summed E-state index contributed by atoms with van der Waals surface area (Å²) >= 11 is 3.22. The third kappa shape index (κ3) is 6.51. The zero-order valence-corrected chi connectivity index (χ0v) is 21.7. The van der Waals surface area contributed by atoms with E-state index in [1.807, 2.05) is 27.8 Å². The summed E-state index contributed by atoms with van der Waals surface area (Å²) in [5.74, 6) is 4.68. The number of hydrogen-bond acceptors (Lipinski definition) is 9. The highest BCUT2D eigenvalue weighted by Gasteiger charge is 2.38. The van der Waals surface area contributed by atoms with Crippen LogP contribution in [0.15, 0.2) is 47.7 Å². The van der Waals surface area contributed by atoms with Gasteiger partial charge in [0.05, 0.1) is 50.6 Å². The van der Waals surface area contributed by atoms with E-state index < -0.39 is 12.1 Å². The third-order valence-electron chi connectivity index (χ3n) is 5.68. The average molecular weight is 572 g/mol. The number of anilines is 2. The number of thiophene rings is 1. The fraction of sp³-hybridized carbons (Fsp3) is 0.240. The van der Waals surface area contributed by atoms with Crippen molar-refractivity contribution in [1.29, 1.82) is 0 Å². The highest BCUT2D eigenvalue weighted by molar-refractivity contribution is 7.20. The van der Waals surface area contributed by atoms with Gasteiger partial charge in [-0.1, -0.05) is 11.8 Å². The van der Waals surface area contributed by atoms with E-state index in [2.05, 4.69) is 60.7 Å². The summed E-state index contributed by atoms with van der Waals surface area (Å²) in [7, 11) is 0. The summed E-state index contributed by atoms with van der Waals surface area (Å²) in [6, 6.07) is 8.56. The molecule has 5 aromatic rings. The summed E-state index contributed by atoms with van der Waals surface area (Å²) in [6.07, 6.45) is 0.711. The number of benzene rings is 1. The van der Waals surface area contributed by atoms with E-state index in [1.54, 1.807) is 29.0 Å². The van der Waals surface area contributed by atoms with Crippen molar-refractivity contribution in [2.45, 2.75) is 31.6 Å². The lowest BCUT2D eigenvalue weighted by atomic mass is 10.2. The summed E-state index contributed by atoms with van der Waals surface area (Å²) in [6.45, 7) is 1.72. The molecule has 3 N–H and O–H groups in total. The minimum Gasteiger partial charge on any atom is -0.475 e. The van der Waals surface area contributed by atoms with Crippen molar-refractivity contribution >= 4 is 61.3 Å². The fourth-order valence-corrected chi connectivity index (χ4v) is 5.33. The van der Waals surface area contributed by atoms with Crippen molar-refractivity contribution in [1.82, 2.24) is 30.0 Å². The van der Waals surface area contributed by atoms with Crippen LogP contribution < -0.4 is 10.6 Å². The van der Waals surface area contributed by atoms with Gasteiger partial charge in [-0.15, -0.1) is 22.7 Å². The number of rotatable bonds is 4. The molecule has 1 aliphatic heterocycles. The zero-order valence-electron chi connectivity index (χ0n) is 20.1. The molecular formula is C25H20F3N7O2S2. The Morgan fingerprint density at radius 2 is 2.10 bits per heavy atom. The Hall–Kier alpha value is -4.06. The van der Waals surface area contributed by atoms with Crippen molar-refractivity contribution in [3.8, 4) is 11.8 Å². The first-order chi connectivity index (χ1) is 18.8. The third-order valence-corrected chi connectivity index (χ3v) is 7.37. The van der Waals surface area contributed by atoms with Crippen LogP contribution in [0.2, 0.25) is 0 Å². The molecule has 6 rings (SSSR count). The molecule has 0 aliphatic carbocycles. The molecule has 0 saturated carbocycles. The molecule has 1 unspecified atom stereocenters. The van der Waals surface area contributed by atoms with Crippen LogP contribution in [0.3, 0.4) is 0 Å². The number of aromatic nitrogens is 5. The molecule has 1 atom stereocenters. The highest BCUT2D eigenvalue weighted by atomic mass is 32.1. The van der Waals surface area contributed by atoms with Crippen LogP contribution in [0.5, 0.6) is 0 Å². The number of nitrogens with zero attached hydrogens (tertiary/aromatic N) is 5. The summed E-state index contributed by atoms with van der Waals surface area (Å²) in [5.41, 5.74) is 5.81. The molecule has 4 aromatic heterocycles. The number of carboxylic acid groups (broad SMARTS) is 1. The Labute approximate surface area is 227 Å². The second-order valence-corrected chi connectivity index (χ2v) is 10.2. The number of thiazole rings is 1. The summed E-state index contributed by atoms with van der Waals surface area (Å²) in [5, 5.41) is 21.6. The molecule has 0 radical (unpaired) electrons. The van der Waals surface area contributed by atoms with Crippen molar-refractivity contribution in [3.63, 3.8) is 0 Å². The van der Waals surface area contributed by atoms with Gasteiger partial charge >= 0.3 is 12.1 Å². The number of fused-ring (bicyclic) bond motifs is 2. The van der Waals surface area contributed by atoms with Gasteiger partial charge in [-0.25, -0.2) is 19.7 Å². The van der Waals surface area contributed by atoms with E-state index in [4.69, 9.17) is 9.90 Å². The first-order valence-corrected chi connectivity index (χ1v) is 13.4. The fourth-order valence-electron chi connectivity index (χ4n) is 3.87. The molecule has 1 aliphatic rings. The Kier molecular flexibility index (Phi) is 7.73. The van der Waals surface area contributed by atoms with Crippen LogP contribution in [0.1, 0.15) is 23.4 Å². The van der Waals surface area contributed by atoms with Crippen LogP contribution in [0, 0.1) is 11.8 Å². The minimum absolute atomic E-state index is 0.298. The predicted octanol–water partition coefficient (Wildman–Crippen LogP) is 5.03. The molecule has 9 nitrogen and oxygen atoms in total. The number of alkyl halides is 3. The second-order valence-electron chi connectivity index (χ2n) is 8.45. The standard InChI is InChI=1S/C23H19N7S2.C2HF3O2/c1-2-16(24-7-1)3-5-19-9-20-22(32-19)23(26-13-25-20)29-17-4-6-21-15(8-17)10-28-30(21)11-18-12-31-14-27-18;3-2(4,5)1(6)7/h4,6,8-10,12-14,16,24H,1-2,7,11H2,(H,25,26,29);(H,6,7). The number of hydrogen-bond donors (Lipinski definition) is 3. The molecule has 0 bridgehead atoms. The molecule has 0 spiro atoms. The Morgan fingerprint density at radius 3 is 2.82 bits per heavy atom. The van der Waals surface area contributed by atoms with Crippen LogP contribution in [-0.4, -0.2) is 54.6 Å². The lowest BCUT2D eigenvalue weighted by Gasteiger charge is -2.07. The molecule has 39 heavy (non-hydrogen) atoms. The smallest absolute Gasteiger partial charge is 0.475 e. The topological polar surface area (TPSA) is 118 Å². The van der Waals surface area contributed by atoms with E-state index in [0.717, 1.165) is 56.2 Å². The molecule has 5 heterocycles. The van der Waals surface area contributed by atoms with Crippen LogP contribution in [0.4, 0.5) is 24.7 Å². The maximum absolute atomic E-state index is 10.6. The first-order valence-electron chi connectivity index (χ1n) is 11.7. The maximum Gasteiger partial charge on any atom is 0.490 e. The average Bonchev–Trinajstić information content (AvgIpc) is 3.71. The predicted molar refractivity (Wildman–Crippen MR) is 143 cm³/mol. The molecule has 1 fully saturated rings. The van der Waals surface area contributed by atoms with E-state index >= 15 is 0 Å². The van der Waals surface area contributed by atoms with E-state index in [0.29, 0.717) is 12.6 Å². The Balaban J connectivity index is 0.000000392. The number of aliphatic carboxylic acids is 1. The van der Waals surface area contributed by atoms with Gasteiger partial charge in [0.25, 0.3) is 0 Å². The van der Waals surface area contributed by atoms with E-state index in [-0.39, 0.29) is 0 Å².